The molecular weight excluding hydrogens is 270 g/mol. The molecule has 1 aromatic carbocycles. The zero-order valence-corrected chi connectivity index (χ0v) is 12.2. The van der Waals surface area contributed by atoms with Gasteiger partial charge in [0.2, 0.25) is 0 Å². The van der Waals surface area contributed by atoms with Crippen LogP contribution in [-0.4, -0.2) is 58.7 Å². The summed E-state index contributed by atoms with van der Waals surface area (Å²) in [5.41, 5.74) is 1.17. The van der Waals surface area contributed by atoms with Crippen LogP contribution >= 0.6 is 0 Å². The van der Waals surface area contributed by atoms with E-state index in [1.54, 1.807) is 14.2 Å². The Labute approximate surface area is 123 Å². The van der Waals surface area contributed by atoms with E-state index in [4.69, 9.17) is 9.47 Å². The highest BCUT2D eigenvalue weighted by Crippen LogP contribution is 2.29. The molecule has 2 heterocycles. The van der Waals surface area contributed by atoms with Crippen LogP contribution in [-0.2, 0) is 16.0 Å². The Morgan fingerprint density at radius 1 is 1.19 bits per heavy atom. The summed E-state index contributed by atoms with van der Waals surface area (Å²) in [4.78, 5) is 2.29. The molecule has 1 atom stereocenters. The van der Waals surface area contributed by atoms with Crippen LogP contribution in [0.2, 0.25) is 0 Å². The number of ether oxygens (including phenoxy) is 2. The van der Waals surface area contributed by atoms with Crippen LogP contribution in [0.25, 0.3) is 0 Å². The van der Waals surface area contributed by atoms with Gasteiger partial charge in [-0.15, -0.1) is 5.10 Å². The molecular formula is C14H19N5O2. The van der Waals surface area contributed by atoms with E-state index in [0.717, 1.165) is 18.9 Å². The van der Waals surface area contributed by atoms with E-state index >= 15 is 0 Å². The number of methoxy groups -OCH3 is 2. The number of hydrogen-bond acceptors (Lipinski definition) is 6. The minimum atomic E-state index is -0.265. The standard InChI is InChI=1S/C14H19N5O2/c1-20-12(21-2)10-18-8-9-19-14(15-16-17-19)13(18)11-6-4-3-5-7-11/h3-7,12-13H,8-10H2,1-2H3. The molecule has 3 rings (SSSR count). The molecule has 0 radical (unpaired) electrons. The number of aromatic nitrogens is 4. The van der Waals surface area contributed by atoms with Gasteiger partial charge >= 0.3 is 0 Å². The quantitative estimate of drug-likeness (QED) is 0.755. The third kappa shape index (κ3) is 2.80. The third-order valence-electron chi connectivity index (χ3n) is 3.79. The summed E-state index contributed by atoms with van der Waals surface area (Å²) in [6.45, 7) is 2.28. The number of tetrazole rings is 1. The molecule has 0 bridgehead atoms. The first-order valence-electron chi connectivity index (χ1n) is 6.94. The van der Waals surface area contributed by atoms with Crippen LogP contribution < -0.4 is 0 Å². The van der Waals surface area contributed by atoms with Gasteiger partial charge in [-0.1, -0.05) is 30.3 Å². The highest BCUT2D eigenvalue weighted by Gasteiger charge is 2.33. The van der Waals surface area contributed by atoms with Gasteiger partial charge in [-0.2, -0.15) is 0 Å². The molecule has 0 spiro atoms. The lowest BCUT2D eigenvalue weighted by atomic mass is 10.0. The number of fused-ring (bicyclic) bond motifs is 1. The molecule has 0 saturated carbocycles. The molecule has 1 aromatic heterocycles. The van der Waals surface area contributed by atoms with E-state index in [0.29, 0.717) is 6.54 Å². The van der Waals surface area contributed by atoms with Crippen molar-refractivity contribution in [3.63, 3.8) is 0 Å². The van der Waals surface area contributed by atoms with Gasteiger partial charge in [0, 0.05) is 20.8 Å². The monoisotopic (exact) mass is 289 g/mol. The van der Waals surface area contributed by atoms with E-state index in [9.17, 15) is 0 Å². The Hall–Kier alpha value is -1.83. The van der Waals surface area contributed by atoms with Gasteiger partial charge in [-0.3, -0.25) is 4.90 Å². The van der Waals surface area contributed by atoms with E-state index < -0.39 is 0 Å². The van der Waals surface area contributed by atoms with Gasteiger partial charge in [0.25, 0.3) is 0 Å². The maximum Gasteiger partial charge on any atom is 0.173 e. The molecule has 112 valence electrons. The average Bonchev–Trinajstić information content (AvgIpc) is 3.01. The van der Waals surface area contributed by atoms with Crippen LogP contribution in [0.3, 0.4) is 0 Å². The first-order chi connectivity index (χ1) is 10.3. The lowest BCUT2D eigenvalue weighted by molar-refractivity contribution is -0.121. The Morgan fingerprint density at radius 3 is 2.67 bits per heavy atom. The molecule has 0 N–H and O–H groups in total. The molecule has 21 heavy (non-hydrogen) atoms. The number of rotatable bonds is 5. The molecule has 1 aliphatic rings. The molecule has 0 amide bonds. The maximum atomic E-state index is 5.33. The van der Waals surface area contributed by atoms with E-state index in [1.165, 1.54) is 5.56 Å². The molecule has 0 fully saturated rings. The SMILES string of the molecule is COC(CN1CCn2nnnc2C1c1ccccc1)OC. The van der Waals surface area contributed by atoms with Gasteiger partial charge in [-0.25, -0.2) is 4.68 Å². The van der Waals surface area contributed by atoms with Gasteiger partial charge in [0.05, 0.1) is 19.1 Å². The second-order valence-electron chi connectivity index (χ2n) is 4.97. The second kappa shape index (κ2) is 6.30. The van der Waals surface area contributed by atoms with Gasteiger partial charge in [0.15, 0.2) is 12.1 Å². The van der Waals surface area contributed by atoms with Crippen LogP contribution in [0.1, 0.15) is 17.4 Å². The molecule has 2 aromatic rings. The largest absolute Gasteiger partial charge is 0.355 e. The van der Waals surface area contributed by atoms with Gasteiger partial charge in [-0.05, 0) is 16.0 Å². The fourth-order valence-corrected chi connectivity index (χ4v) is 2.71. The minimum absolute atomic E-state index is 0.0164. The smallest absolute Gasteiger partial charge is 0.173 e. The van der Waals surface area contributed by atoms with E-state index in [1.807, 2.05) is 22.9 Å². The lowest BCUT2D eigenvalue weighted by Crippen LogP contribution is -2.44. The van der Waals surface area contributed by atoms with Crippen molar-refractivity contribution < 1.29 is 9.47 Å². The van der Waals surface area contributed by atoms with Gasteiger partial charge < -0.3 is 9.47 Å². The Bertz CT molecular complexity index is 570. The summed E-state index contributed by atoms with van der Waals surface area (Å²) in [6.07, 6.45) is -0.265. The summed E-state index contributed by atoms with van der Waals surface area (Å²) in [7, 11) is 3.30. The van der Waals surface area contributed by atoms with Crippen molar-refractivity contribution in [1.29, 1.82) is 0 Å². The van der Waals surface area contributed by atoms with Crippen LogP contribution in [0, 0.1) is 0 Å². The lowest BCUT2D eigenvalue weighted by Gasteiger charge is -2.36. The first-order valence-corrected chi connectivity index (χ1v) is 6.94. The fraction of sp³-hybridized carbons (Fsp3) is 0.500. The molecule has 0 saturated heterocycles. The summed E-state index contributed by atoms with van der Waals surface area (Å²) in [6, 6.07) is 10.3. The first kappa shape index (κ1) is 14.1. The number of hydrogen-bond donors (Lipinski definition) is 0. The zero-order valence-electron chi connectivity index (χ0n) is 12.2. The Kier molecular flexibility index (Phi) is 4.23. The van der Waals surface area contributed by atoms with Crippen molar-refractivity contribution in [2.75, 3.05) is 27.3 Å². The Morgan fingerprint density at radius 2 is 1.95 bits per heavy atom. The van der Waals surface area contributed by atoms with Gasteiger partial charge in [0.1, 0.15) is 0 Å². The summed E-state index contributed by atoms with van der Waals surface area (Å²) in [5.74, 6) is 0.860. The Balaban J connectivity index is 1.93. The minimum Gasteiger partial charge on any atom is -0.355 e. The maximum absolute atomic E-state index is 5.33. The fourth-order valence-electron chi connectivity index (χ4n) is 2.71. The molecule has 1 aliphatic heterocycles. The number of nitrogens with zero attached hydrogens (tertiary/aromatic N) is 5. The molecule has 7 heteroatoms. The van der Waals surface area contributed by atoms with Crippen molar-refractivity contribution in [1.82, 2.24) is 25.1 Å². The van der Waals surface area contributed by atoms with Crippen LogP contribution in [0.5, 0.6) is 0 Å². The van der Waals surface area contributed by atoms with E-state index in [2.05, 4.69) is 32.6 Å². The van der Waals surface area contributed by atoms with E-state index in [-0.39, 0.29) is 12.3 Å². The van der Waals surface area contributed by atoms with Crippen molar-refractivity contribution in [3.05, 3.63) is 41.7 Å². The molecule has 1 unspecified atom stereocenters. The van der Waals surface area contributed by atoms with Crippen molar-refractivity contribution in [2.24, 2.45) is 0 Å². The predicted octanol–water partition coefficient (Wildman–Crippen LogP) is 0.697. The normalized spacial score (nSPS) is 18.9. The second-order valence-corrected chi connectivity index (χ2v) is 4.97. The van der Waals surface area contributed by atoms with Crippen molar-refractivity contribution in [3.8, 4) is 0 Å². The highest BCUT2D eigenvalue weighted by molar-refractivity contribution is 5.25. The van der Waals surface area contributed by atoms with Crippen molar-refractivity contribution in [2.45, 2.75) is 18.9 Å². The molecule has 0 aliphatic carbocycles. The molecule has 7 nitrogen and oxygen atoms in total. The highest BCUT2D eigenvalue weighted by atomic mass is 16.7. The van der Waals surface area contributed by atoms with Crippen molar-refractivity contribution >= 4 is 0 Å². The summed E-state index contributed by atoms with van der Waals surface area (Å²) >= 11 is 0. The predicted molar refractivity (Wildman–Crippen MR) is 75.5 cm³/mol. The third-order valence-corrected chi connectivity index (χ3v) is 3.79. The zero-order chi connectivity index (χ0) is 14.7. The average molecular weight is 289 g/mol. The van der Waals surface area contributed by atoms with Crippen LogP contribution in [0.15, 0.2) is 30.3 Å². The summed E-state index contributed by atoms with van der Waals surface area (Å²) < 4.78 is 12.5. The topological polar surface area (TPSA) is 65.3 Å². The van der Waals surface area contributed by atoms with Crippen LogP contribution in [0.4, 0.5) is 0 Å². The summed E-state index contributed by atoms with van der Waals surface area (Å²) in [5, 5.41) is 12.1. The number of benzene rings is 1.